The van der Waals surface area contributed by atoms with E-state index in [4.69, 9.17) is 43.9 Å². The number of carboxylic acids is 5. The maximum atomic E-state index is 11.2. The molecule has 2 aromatic carbocycles. The lowest BCUT2D eigenvalue weighted by molar-refractivity contribution is 0.0686. The molecule has 12 aromatic heterocycles. The molecule has 2 aliphatic heterocycles. The first-order chi connectivity index (χ1) is 55.9. The minimum Gasteiger partial charge on any atom is -0.476 e. The van der Waals surface area contributed by atoms with Gasteiger partial charge in [0.25, 0.3) is 0 Å². The molecule has 117 heavy (non-hydrogen) atoms. The van der Waals surface area contributed by atoms with Crippen molar-refractivity contribution < 1.29 is 68.1 Å². The monoisotopic (exact) mass is 1700 g/mol. The highest BCUT2D eigenvalue weighted by atomic mass is 32.1. The van der Waals surface area contributed by atoms with Crippen molar-refractivity contribution in [3.8, 4) is 44.8 Å². The van der Waals surface area contributed by atoms with Crippen LogP contribution in [0.25, 0.3) is 96.6 Å². The second-order valence-electron chi connectivity index (χ2n) is 28.6. The number of hydrogen-bond acceptors (Lipinski definition) is 35. The van der Waals surface area contributed by atoms with Crippen molar-refractivity contribution in [1.29, 1.82) is 0 Å². The summed E-state index contributed by atoms with van der Waals surface area (Å²) in [5, 5.41) is 48.6. The molecule has 1 saturated carbocycles. The van der Waals surface area contributed by atoms with E-state index in [-0.39, 0.29) is 55.9 Å². The first kappa shape index (κ1) is 83.4. The normalized spacial score (nSPS) is 13.3. The highest BCUT2D eigenvalue weighted by Crippen LogP contribution is 2.43. The summed E-state index contributed by atoms with van der Waals surface area (Å²) in [6.45, 7) is 23.7. The molecule has 0 unspecified atom stereocenters. The Labute approximate surface area is 692 Å². The predicted octanol–water partition coefficient (Wildman–Crippen LogP) is 15.5. The van der Waals surface area contributed by atoms with E-state index in [0.29, 0.717) is 118 Å². The van der Waals surface area contributed by atoms with Crippen LogP contribution in [0.15, 0.2) is 70.5 Å². The largest absolute Gasteiger partial charge is 0.476 e. The zero-order valence-corrected chi connectivity index (χ0v) is 70.9. The fourth-order valence-corrected chi connectivity index (χ4v) is 16.5. The molecule has 40 heteroatoms. The second kappa shape index (κ2) is 35.5. The van der Waals surface area contributed by atoms with Crippen molar-refractivity contribution in [2.75, 3.05) is 85.8 Å². The van der Waals surface area contributed by atoms with Crippen LogP contribution in [0.2, 0.25) is 0 Å². The minimum atomic E-state index is -1.09. The lowest BCUT2D eigenvalue weighted by Gasteiger charge is -2.29. The molecule has 14 aromatic rings. The molecule has 14 heterocycles. The molecule has 610 valence electrons. The van der Waals surface area contributed by atoms with Crippen molar-refractivity contribution in [2.45, 2.75) is 131 Å². The maximum absolute atomic E-state index is 11.2. The average molecular weight is 1700 g/mol. The summed E-state index contributed by atoms with van der Waals surface area (Å²) in [5.74, 6) is 0.935. The van der Waals surface area contributed by atoms with Crippen molar-refractivity contribution in [3.05, 3.63) is 102 Å². The molecule has 1 saturated heterocycles. The number of ether oxygens (including phenoxy) is 3. The zero-order chi connectivity index (χ0) is 83.5. The Morgan fingerprint density at radius 1 is 0.453 bits per heavy atom. The molecule has 5 N–H and O–H groups in total. The fourth-order valence-electron chi connectivity index (χ4n) is 12.2. The Morgan fingerprint density at radius 3 is 1.35 bits per heavy atom. The Balaban J connectivity index is 0.000000127. The first-order valence-corrected chi connectivity index (χ1v) is 42.1. The van der Waals surface area contributed by atoms with Crippen LogP contribution in [0.3, 0.4) is 0 Å². The van der Waals surface area contributed by atoms with Crippen LogP contribution < -0.4 is 34.0 Å². The third-order valence-corrected chi connectivity index (χ3v) is 24.7. The summed E-state index contributed by atoms with van der Waals surface area (Å²) in [5.41, 5.74) is 7.18. The zero-order valence-electron chi connectivity index (χ0n) is 66.0. The third-order valence-electron chi connectivity index (χ3n) is 19.2. The number of anilines is 5. The number of thiazole rings is 5. The highest BCUT2D eigenvalue weighted by Gasteiger charge is 2.31. The van der Waals surface area contributed by atoms with Crippen molar-refractivity contribution in [1.82, 2.24) is 74.8 Å². The third kappa shape index (κ3) is 18.3. The van der Waals surface area contributed by atoms with Crippen molar-refractivity contribution in [2.24, 2.45) is 0 Å². The predicted molar refractivity (Wildman–Crippen MR) is 453 cm³/mol. The van der Waals surface area contributed by atoms with Gasteiger partial charge in [-0.3, -0.25) is 0 Å². The quantitative estimate of drug-likeness (QED) is 0.0502. The van der Waals surface area contributed by atoms with E-state index in [1.54, 1.807) is 11.3 Å². The smallest absolute Gasteiger partial charge is 0.365 e. The minimum absolute atomic E-state index is 0.0106. The maximum Gasteiger partial charge on any atom is 0.365 e. The van der Waals surface area contributed by atoms with E-state index in [0.717, 1.165) is 139 Å². The van der Waals surface area contributed by atoms with E-state index >= 15 is 0 Å². The summed E-state index contributed by atoms with van der Waals surface area (Å²) in [4.78, 5) is 136. The number of aromatic carboxylic acids is 5. The molecule has 3 aliphatic rings. The molecular formula is C77H82N20O14S6. The molecule has 0 bridgehead atoms. The van der Waals surface area contributed by atoms with Crippen LogP contribution >= 0.6 is 68.0 Å². The Bertz CT molecular complexity index is 5960. The van der Waals surface area contributed by atoms with E-state index in [1.165, 1.54) is 12.8 Å². The number of hydrogen-bond donors (Lipinski definition) is 5. The molecular weight excluding hydrogens is 1620 g/mol. The molecule has 2 fully saturated rings. The van der Waals surface area contributed by atoms with Crippen LogP contribution in [0, 0.1) is 0 Å². The van der Waals surface area contributed by atoms with Gasteiger partial charge < -0.3 is 68.7 Å². The Hall–Kier alpha value is -11.6. The molecule has 0 spiro atoms. The van der Waals surface area contributed by atoms with Gasteiger partial charge in [0.15, 0.2) is 104 Å². The Kier molecular flexibility index (Phi) is 25.3. The summed E-state index contributed by atoms with van der Waals surface area (Å²) >= 11 is 6.80. The number of furan rings is 1. The van der Waals surface area contributed by atoms with E-state index in [1.807, 2.05) is 150 Å². The SMILES string of the molecule is CC(C)N(C)c1nc2sc(C(=O)O)nc2nc1-c1cc2ccccc2o1.CC(C)N(C)c1nc2sc(C(=O)O)nc2nc1-c1ccc2c(c1)OCO2.CC(C)N(C)c1nc2sc(C(=O)O)nc2nc1-c1cccs1.CC(C)N(C)c1nc2sc(C(=O)O)nc2nc1C1CCCC1.CC(C)c1nc2nc(C(=O)O)sc2nc1N1CCOCC1. The van der Waals surface area contributed by atoms with Gasteiger partial charge in [-0.25, -0.2) is 98.7 Å². The van der Waals surface area contributed by atoms with Crippen LogP contribution in [-0.4, -0.2) is 216 Å². The van der Waals surface area contributed by atoms with Gasteiger partial charge in [-0.15, -0.1) is 11.3 Å². The lowest BCUT2D eigenvalue weighted by atomic mass is 10.0. The molecule has 0 amide bonds. The molecule has 34 nitrogen and oxygen atoms in total. The summed E-state index contributed by atoms with van der Waals surface area (Å²) in [7, 11) is 7.82. The lowest BCUT2D eigenvalue weighted by Crippen LogP contribution is -2.37. The number of nitrogens with zero attached hydrogens (tertiary/aromatic N) is 20. The number of thiophene rings is 1. The average Bonchev–Trinajstić information content (AvgIpc) is 1.82. The van der Waals surface area contributed by atoms with Gasteiger partial charge in [0.05, 0.1) is 29.5 Å². The van der Waals surface area contributed by atoms with Gasteiger partial charge in [0.2, 0.25) is 31.8 Å². The van der Waals surface area contributed by atoms with Gasteiger partial charge in [-0.2, -0.15) is 0 Å². The number of para-hydroxylation sites is 1. The summed E-state index contributed by atoms with van der Waals surface area (Å²) < 4.78 is 22.1. The van der Waals surface area contributed by atoms with Crippen LogP contribution in [0.4, 0.5) is 29.1 Å². The summed E-state index contributed by atoms with van der Waals surface area (Å²) in [6.07, 6.45) is 4.67. The molecule has 0 radical (unpaired) electrons. The van der Waals surface area contributed by atoms with E-state index in [9.17, 15) is 34.2 Å². The van der Waals surface area contributed by atoms with Crippen LogP contribution in [0.5, 0.6) is 11.5 Å². The van der Waals surface area contributed by atoms with Gasteiger partial charge in [-0.1, -0.05) is 108 Å². The molecule has 1 aliphatic carbocycles. The van der Waals surface area contributed by atoms with Crippen molar-refractivity contribution >= 4 is 190 Å². The number of aromatic nitrogens is 15. The number of fused-ring (bicyclic) bond motifs is 7. The molecule has 0 atom stereocenters. The number of rotatable bonds is 19. The van der Waals surface area contributed by atoms with E-state index < -0.39 is 29.8 Å². The van der Waals surface area contributed by atoms with Crippen molar-refractivity contribution in [3.63, 3.8) is 0 Å². The van der Waals surface area contributed by atoms with Gasteiger partial charge in [-0.05, 0) is 116 Å². The number of carbonyl (C=O) groups is 5. The highest BCUT2D eigenvalue weighted by molar-refractivity contribution is 7.21. The number of carboxylic acid groups (broad SMARTS) is 5. The van der Waals surface area contributed by atoms with Gasteiger partial charge in [0.1, 0.15) is 17.0 Å². The van der Waals surface area contributed by atoms with Gasteiger partial charge >= 0.3 is 29.8 Å². The topological polar surface area (TPSA) is 437 Å². The van der Waals surface area contributed by atoms with Crippen LogP contribution in [-0.2, 0) is 4.74 Å². The second-order valence-corrected chi connectivity index (χ2v) is 34.4. The van der Waals surface area contributed by atoms with E-state index in [2.05, 4.69) is 102 Å². The fraction of sp³-hybridized carbons (Fsp3) is 0.377. The Morgan fingerprint density at radius 2 is 0.880 bits per heavy atom. The number of morpholine rings is 1. The first-order valence-electron chi connectivity index (χ1n) is 37.1. The number of benzene rings is 2. The van der Waals surface area contributed by atoms with Crippen LogP contribution in [0.1, 0.15) is 167 Å². The summed E-state index contributed by atoms with van der Waals surface area (Å²) in [6, 6.07) is 20.0. The molecule has 17 rings (SSSR count). The standard InChI is InChI=1S/C18H16N4O3S.C17H16N4O4S.C15H20N4O2S.C14H14N4O2S2.C13H16N4O3S/c1-9(2)22(3)15-13(12-8-10-6-4-5-7-11(10)25-12)19-14-16(21-15)26-17(20-14)18(23)24;1-8(2)21(3)14-12(9-4-5-10-11(6-9)25-7-24-10)18-13-15(20-14)26-16(19-13)17(22)23;1-8(2)19(3)12-10(9-6-4-5-7-9)16-11-13(18-12)22-14(17-11)15(20)21;1-7(2)18(3)11-9(8-5-4-6-21-8)15-10-12(17-11)22-13(16-10)14(19)20;1-7(2)8-10(17-3-5-20-6-4-17)16-11-9(14-8)15-12(21-11)13(18)19/h4-9H,1-3H3,(H,23,24);4-6,8H,7H2,1-3H3,(H,22,23);8-9H,4-7H2,1-3H3,(H,20,21);4-7H,1-3H3,(H,19,20);7H,3-6H2,1-2H3,(H,18,19). The van der Waals surface area contributed by atoms with Gasteiger partial charge in [0, 0.05) is 82.3 Å².